The Morgan fingerprint density at radius 2 is 2.14 bits per heavy atom. The Hall–Kier alpha value is -1.69. The number of likely N-dealkylation sites (tertiary alicyclic amines) is 1. The first kappa shape index (κ1) is 15.2. The largest absolute Gasteiger partial charge is 0.379 e. The van der Waals surface area contributed by atoms with Crippen LogP contribution in [0.25, 0.3) is 0 Å². The second-order valence-electron chi connectivity index (χ2n) is 6.30. The molecule has 1 unspecified atom stereocenters. The second-order valence-corrected chi connectivity index (χ2v) is 6.30. The third-order valence-corrected chi connectivity index (χ3v) is 4.59. The minimum atomic E-state index is -0.00121. The molecule has 0 aromatic carbocycles. The summed E-state index contributed by atoms with van der Waals surface area (Å²) in [5.41, 5.74) is -0.00121. The van der Waals surface area contributed by atoms with Crippen molar-refractivity contribution in [3.05, 3.63) is 18.5 Å². The van der Waals surface area contributed by atoms with Crippen molar-refractivity contribution in [1.29, 1.82) is 0 Å². The van der Waals surface area contributed by atoms with Gasteiger partial charge in [0.2, 0.25) is 11.9 Å². The van der Waals surface area contributed by atoms with Crippen molar-refractivity contribution in [1.82, 2.24) is 14.9 Å². The molecule has 1 aromatic heterocycles. The Morgan fingerprint density at radius 1 is 1.32 bits per heavy atom. The monoisotopic (exact) mass is 304 g/mol. The molecule has 3 heterocycles. The highest BCUT2D eigenvalue weighted by Crippen LogP contribution is 2.34. The molecular formula is C16H24N4O2. The molecule has 0 radical (unpaired) electrons. The summed E-state index contributed by atoms with van der Waals surface area (Å²) in [6.07, 6.45) is 6.24. The van der Waals surface area contributed by atoms with Crippen LogP contribution < -0.4 is 4.90 Å². The Bertz CT molecular complexity index is 510. The van der Waals surface area contributed by atoms with Crippen LogP contribution in [0, 0.1) is 5.41 Å². The summed E-state index contributed by atoms with van der Waals surface area (Å²) in [7, 11) is 0. The molecule has 2 fully saturated rings. The molecular weight excluding hydrogens is 280 g/mol. The van der Waals surface area contributed by atoms with Gasteiger partial charge in [-0.2, -0.15) is 0 Å². The quantitative estimate of drug-likeness (QED) is 0.825. The van der Waals surface area contributed by atoms with E-state index in [0.29, 0.717) is 19.6 Å². The lowest BCUT2D eigenvalue weighted by Crippen LogP contribution is -2.52. The molecule has 22 heavy (non-hydrogen) atoms. The van der Waals surface area contributed by atoms with Crippen LogP contribution in [-0.4, -0.2) is 60.2 Å². The SMILES string of the molecule is CCC(=O)N1CCCC2(COCCN(c3ncccn3)C2)C1. The molecule has 1 spiro atoms. The van der Waals surface area contributed by atoms with Gasteiger partial charge in [0.1, 0.15) is 0 Å². The highest BCUT2D eigenvalue weighted by Gasteiger charge is 2.40. The Morgan fingerprint density at radius 3 is 2.91 bits per heavy atom. The van der Waals surface area contributed by atoms with E-state index in [1.54, 1.807) is 12.4 Å². The third kappa shape index (κ3) is 3.21. The van der Waals surface area contributed by atoms with Crippen LogP contribution in [0.1, 0.15) is 26.2 Å². The Labute approximate surface area is 131 Å². The zero-order valence-electron chi connectivity index (χ0n) is 13.2. The standard InChI is InChI=1S/C16H24N4O2/c1-2-14(21)19-8-3-5-16(11-19)12-20(9-10-22-13-16)15-17-6-4-7-18-15/h4,6-7H,2-3,5,8-13H2,1H3. The van der Waals surface area contributed by atoms with E-state index in [1.165, 1.54) is 0 Å². The number of anilines is 1. The number of nitrogens with zero attached hydrogens (tertiary/aromatic N) is 4. The Balaban J connectivity index is 1.78. The van der Waals surface area contributed by atoms with Gasteiger partial charge in [-0.15, -0.1) is 0 Å². The van der Waals surface area contributed by atoms with Crippen LogP contribution >= 0.6 is 0 Å². The maximum Gasteiger partial charge on any atom is 0.225 e. The Kier molecular flexibility index (Phi) is 4.57. The first-order valence-corrected chi connectivity index (χ1v) is 8.10. The number of aromatic nitrogens is 2. The van der Waals surface area contributed by atoms with Gasteiger partial charge in [-0.3, -0.25) is 4.79 Å². The van der Waals surface area contributed by atoms with Gasteiger partial charge >= 0.3 is 0 Å². The van der Waals surface area contributed by atoms with Gasteiger partial charge in [0.15, 0.2) is 0 Å². The van der Waals surface area contributed by atoms with Gasteiger partial charge in [-0.25, -0.2) is 9.97 Å². The molecule has 1 amide bonds. The topological polar surface area (TPSA) is 58.6 Å². The fourth-order valence-corrected chi connectivity index (χ4v) is 3.51. The molecule has 6 nitrogen and oxygen atoms in total. The van der Waals surface area contributed by atoms with E-state index in [1.807, 2.05) is 17.9 Å². The van der Waals surface area contributed by atoms with Crippen molar-refractivity contribution in [3.63, 3.8) is 0 Å². The van der Waals surface area contributed by atoms with E-state index in [-0.39, 0.29) is 11.3 Å². The molecule has 2 aliphatic rings. The number of carbonyl (C=O) groups is 1. The van der Waals surface area contributed by atoms with Crippen LogP contribution in [0.4, 0.5) is 5.95 Å². The zero-order chi connectivity index (χ0) is 15.4. The first-order valence-electron chi connectivity index (χ1n) is 8.10. The maximum absolute atomic E-state index is 12.1. The van der Waals surface area contributed by atoms with E-state index in [2.05, 4.69) is 14.9 Å². The van der Waals surface area contributed by atoms with Crippen molar-refractivity contribution in [3.8, 4) is 0 Å². The fraction of sp³-hybridized carbons (Fsp3) is 0.688. The number of carbonyl (C=O) groups excluding carboxylic acids is 1. The maximum atomic E-state index is 12.1. The van der Waals surface area contributed by atoms with E-state index < -0.39 is 0 Å². The fourth-order valence-electron chi connectivity index (χ4n) is 3.51. The van der Waals surface area contributed by atoms with Gasteiger partial charge in [0.05, 0.1) is 13.2 Å². The average Bonchev–Trinajstić information content (AvgIpc) is 2.77. The third-order valence-electron chi connectivity index (χ3n) is 4.59. The molecule has 0 N–H and O–H groups in total. The van der Waals surface area contributed by atoms with E-state index in [4.69, 9.17) is 4.74 Å². The predicted octanol–water partition coefficient (Wildman–Crippen LogP) is 1.33. The molecule has 6 heteroatoms. The van der Waals surface area contributed by atoms with Crippen LogP contribution in [0.3, 0.4) is 0 Å². The molecule has 1 aromatic rings. The average molecular weight is 304 g/mol. The molecule has 120 valence electrons. The summed E-state index contributed by atoms with van der Waals surface area (Å²) >= 11 is 0. The number of piperidine rings is 1. The second kappa shape index (κ2) is 6.60. The van der Waals surface area contributed by atoms with Gasteiger partial charge in [-0.1, -0.05) is 6.92 Å². The van der Waals surface area contributed by atoms with Crippen molar-refractivity contribution in [2.75, 3.05) is 44.3 Å². The highest BCUT2D eigenvalue weighted by atomic mass is 16.5. The number of rotatable bonds is 2. The van der Waals surface area contributed by atoms with Crippen LogP contribution in [-0.2, 0) is 9.53 Å². The summed E-state index contributed by atoms with van der Waals surface area (Å²) in [6, 6.07) is 1.83. The summed E-state index contributed by atoms with van der Waals surface area (Å²) in [5, 5.41) is 0. The molecule has 0 saturated carbocycles. The van der Waals surface area contributed by atoms with Crippen molar-refractivity contribution in [2.45, 2.75) is 26.2 Å². The number of hydrogen-bond donors (Lipinski definition) is 0. The lowest BCUT2D eigenvalue weighted by Gasteiger charge is -2.43. The lowest BCUT2D eigenvalue weighted by molar-refractivity contribution is -0.135. The van der Waals surface area contributed by atoms with Crippen molar-refractivity contribution >= 4 is 11.9 Å². The van der Waals surface area contributed by atoms with Gasteiger partial charge < -0.3 is 14.5 Å². The van der Waals surface area contributed by atoms with Crippen molar-refractivity contribution in [2.24, 2.45) is 5.41 Å². The van der Waals surface area contributed by atoms with E-state index in [9.17, 15) is 4.79 Å². The van der Waals surface area contributed by atoms with E-state index in [0.717, 1.165) is 45.0 Å². The predicted molar refractivity (Wildman–Crippen MR) is 83.6 cm³/mol. The van der Waals surface area contributed by atoms with Gasteiger partial charge in [0, 0.05) is 50.4 Å². The first-order chi connectivity index (χ1) is 10.7. The smallest absolute Gasteiger partial charge is 0.225 e. The van der Waals surface area contributed by atoms with Crippen LogP contribution in [0.5, 0.6) is 0 Å². The number of hydrogen-bond acceptors (Lipinski definition) is 5. The molecule has 2 saturated heterocycles. The highest BCUT2D eigenvalue weighted by molar-refractivity contribution is 5.76. The minimum absolute atomic E-state index is 0.00121. The number of ether oxygens (including phenoxy) is 1. The number of amides is 1. The molecule has 0 aliphatic carbocycles. The van der Waals surface area contributed by atoms with Gasteiger partial charge in [-0.05, 0) is 18.9 Å². The zero-order valence-corrected chi connectivity index (χ0v) is 13.2. The van der Waals surface area contributed by atoms with Crippen LogP contribution in [0.2, 0.25) is 0 Å². The van der Waals surface area contributed by atoms with E-state index >= 15 is 0 Å². The van der Waals surface area contributed by atoms with Crippen molar-refractivity contribution < 1.29 is 9.53 Å². The minimum Gasteiger partial charge on any atom is -0.379 e. The molecule has 2 aliphatic heterocycles. The summed E-state index contributed by atoms with van der Waals surface area (Å²) in [6.45, 7) is 6.63. The summed E-state index contributed by atoms with van der Waals surface area (Å²) in [4.78, 5) is 25.0. The summed E-state index contributed by atoms with van der Waals surface area (Å²) < 4.78 is 5.87. The van der Waals surface area contributed by atoms with Gasteiger partial charge in [0.25, 0.3) is 0 Å². The van der Waals surface area contributed by atoms with Crippen LogP contribution in [0.15, 0.2) is 18.5 Å². The molecule has 0 bridgehead atoms. The normalized spacial score (nSPS) is 26.0. The molecule has 3 rings (SSSR count). The lowest BCUT2D eigenvalue weighted by atomic mass is 9.80. The molecule has 1 atom stereocenters. The summed E-state index contributed by atoms with van der Waals surface area (Å²) in [5.74, 6) is 0.997.